The lowest BCUT2D eigenvalue weighted by Crippen LogP contribution is -2.24. The Kier molecular flexibility index (Phi) is 7.03. The van der Waals surface area contributed by atoms with Gasteiger partial charge in [-0.2, -0.15) is 0 Å². The highest BCUT2D eigenvalue weighted by molar-refractivity contribution is 7.98. The minimum Gasteiger partial charge on any atom is -0.493 e. The van der Waals surface area contributed by atoms with Crippen molar-refractivity contribution in [3.05, 3.63) is 39.9 Å². The number of thiocarbonyl (C=S) groups is 1. The molecule has 0 heterocycles. The summed E-state index contributed by atoms with van der Waals surface area (Å²) >= 11 is 12.7. The number of hydrogen-bond donors (Lipinski definition) is 1. The molecule has 3 rings (SSSR count). The third-order valence-electron chi connectivity index (χ3n) is 5.10. The number of fused-ring (bicyclic) bond motifs is 3. The average molecular weight is 448 g/mol. The Bertz CT molecular complexity index is 1010. The van der Waals surface area contributed by atoms with Crippen LogP contribution >= 0.6 is 36.2 Å². The van der Waals surface area contributed by atoms with Crippen molar-refractivity contribution in [2.75, 3.05) is 27.6 Å². The van der Waals surface area contributed by atoms with Gasteiger partial charge in [0.2, 0.25) is 5.75 Å². The van der Waals surface area contributed by atoms with E-state index in [0.29, 0.717) is 17.2 Å². The highest BCUT2D eigenvalue weighted by Crippen LogP contribution is 2.50. The zero-order valence-corrected chi connectivity index (χ0v) is 19.7. The molecule has 7 heteroatoms. The van der Waals surface area contributed by atoms with Crippen LogP contribution in [0, 0.1) is 4.51 Å². The lowest BCUT2D eigenvalue weighted by molar-refractivity contribution is 0.324. The van der Waals surface area contributed by atoms with Gasteiger partial charge in [-0.25, -0.2) is 0 Å². The maximum Gasteiger partial charge on any atom is 0.203 e. The van der Waals surface area contributed by atoms with E-state index in [2.05, 4.69) is 23.5 Å². The molecule has 29 heavy (non-hydrogen) atoms. The summed E-state index contributed by atoms with van der Waals surface area (Å²) in [6.07, 6.45) is 3.75. The van der Waals surface area contributed by atoms with Gasteiger partial charge < -0.3 is 19.5 Å². The molecule has 1 aliphatic carbocycles. The fraction of sp³-hybridized carbons (Fsp3) is 0.364. The molecule has 1 atom stereocenters. The van der Waals surface area contributed by atoms with E-state index in [1.54, 1.807) is 33.1 Å². The highest BCUT2D eigenvalue weighted by Gasteiger charge is 2.28. The summed E-state index contributed by atoms with van der Waals surface area (Å²) in [5.41, 5.74) is 4.35. The van der Waals surface area contributed by atoms with Gasteiger partial charge in [-0.1, -0.05) is 30.5 Å². The molecule has 1 N–H and O–H groups in total. The van der Waals surface area contributed by atoms with Crippen LogP contribution in [0.5, 0.6) is 17.2 Å². The molecule has 1 aliphatic rings. The van der Waals surface area contributed by atoms with Crippen molar-refractivity contribution >= 4 is 41.2 Å². The first kappa shape index (κ1) is 21.9. The topological polar surface area (TPSA) is 39.7 Å². The van der Waals surface area contributed by atoms with E-state index in [0.717, 1.165) is 49.5 Å². The first-order chi connectivity index (χ1) is 13.9. The molecule has 0 saturated heterocycles. The second kappa shape index (κ2) is 9.32. The molecule has 0 spiro atoms. The summed E-state index contributed by atoms with van der Waals surface area (Å²) in [6, 6.07) is 8.41. The lowest BCUT2D eigenvalue weighted by Gasteiger charge is -2.20. The molecule has 2 aromatic carbocycles. The number of hydrogen-bond acceptors (Lipinski definition) is 6. The number of benzene rings is 1. The fourth-order valence-corrected chi connectivity index (χ4v) is 4.91. The van der Waals surface area contributed by atoms with Gasteiger partial charge in [0.1, 0.15) is 0 Å². The van der Waals surface area contributed by atoms with Crippen LogP contribution in [0.1, 0.15) is 30.5 Å². The second-order valence-corrected chi connectivity index (χ2v) is 8.65. The van der Waals surface area contributed by atoms with Crippen LogP contribution < -0.4 is 19.5 Å². The standard InChI is InChI=1S/C22H25NO3S3/c1-12(27)23-16-8-6-13-10-17(24-2)21(25-3)22(26-4)20(13)14-7-9-19(29-5)18(28)11-15(14)16/h7,9-11,16H,6,8H2,1-5H3,(H,23,27)/t16-/m0/s1. The molecule has 0 fully saturated rings. The zero-order valence-electron chi connectivity index (χ0n) is 17.3. The zero-order chi connectivity index (χ0) is 21.1. The maximum atomic E-state index is 5.84. The quantitative estimate of drug-likeness (QED) is 0.462. The molecule has 0 bridgehead atoms. The molecule has 154 valence electrons. The molecule has 0 saturated carbocycles. The van der Waals surface area contributed by atoms with Gasteiger partial charge in [-0.05, 0) is 60.9 Å². The van der Waals surface area contributed by atoms with Gasteiger partial charge >= 0.3 is 0 Å². The summed E-state index contributed by atoms with van der Waals surface area (Å²) in [7, 11) is 4.93. The van der Waals surface area contributed by atoms with Gasteiger partial charge in [-0.3, -0.25) is 0 Å². The van der Waals surface area contributed by atoms with Crippen LogP contribution in [0.3, 0.4) is 0 Å². The van der Waals surface area contributed by atoms with Gasteiger partial charge in [0.05, 0.1) is 36.9 Å². The number of thioether (sulfide) groups is 1. The van der Waals surface area contributed by atoms with E-state index < -0.39 is 0 Å². The number of aryl methyl sites for hydroxylation is 1. The van der Waals surface area contributed by atoms with Crippen molar-refractivity contribution in [2.24, 2.45) is 0 Å². The Labute approximate surface area is 187 Å². The Morgan fingerprint density at radius 1 is 1.10 bits per heavy atom. The minimum atomic E-state index is 0.0559. The Balaban J connectivity index is 2.41. The van der Waals surface area contributed by atoms with Gasteiger partial charge in [0.25, 0.3) is 0 Å². The van der Waals surface area contributed by atoms with E-state index in [1.807, 2.05) is 19.2 Å². The van der Waals surface area contributed by atoms with Crippen molar-refractivity contribution < 1.29 is 14.2 Å². The third kappa shape index (κ3) is 4.22. The molecule has 0 radical (unpaired) electrons. The SMILES string of the molecule is COc1cc2c(c(OC)c1OC)-c1ccc(SC)c(=S)cc1[C@@H](NC(C)=S)CC2. The Morgan fingerprint density at radius 3 is 2.41 bits per heavy atom. The van der Waals surface area contributed by atoms with Gasteiger partial charge in [0, 0.05) is 10.5 Å². The number of ether oxygens (including phenoxy) is 3. The van der Waals surface area contributed by atoms with Crippen LogP contribution in [0.4, 0.5) is 0 Å². The molecular formula is C22H25NO3S3. The lowest BCUT2D eigenvalue weighted by atomic mass is 9.95. The predicted molar refractivity (Wildman–Crippen MR) is 127 cm³/mol. The van der Waals surface area contributed by atoms with Gasteiger partial charge in [0.15, 0.2) is 11.5 Å². The van der Waals surface area contributed by atoms with E-state index in [-0.39, 0.29) is 6.04 Å². The molecule has 2 aromatic rings. The van der Waals surface area contributed by atoms with Crippen molar-refractivity contribution in [3.63, 3.8) is 0 Å². The number of nitrogens with one attached hydrogen (secondary N) is 1. The molecule has 0 aliphatic heterocycles. The Hall–Kier alpha value is -1.83. The molecule has 0 unspecified atom stereocenters. The van der Waals surface area contributed by atoms with Crippen LogP contribution in [-0.2, 0) is 6.42 Å². The van der Waals surface area contributed by atoms with E-state index in [4.69, 9.17) is 38.6 Å². The molecule has 0 amide bonds. The van der Waals surface area contributed by atoms with E-state index in [1.165, 1.54) is 0 Å². The largest absolute Gasteiger partial charge is 0.493 e. The average Bonchev–Trinajstić information content (AvgIpc) is 2.95. The molecule has 4 nitrogen and oxygen atoms in total. The molecule has 0 aromatic heterocycles. The third-order valence-corrected chi connectivity index (χ3v) is 6.48. The number of methoxy groups -OCH3 is 3. The second-order valence-electron chi connectivity index (χ2n) is 6.75. The Morgan fingerprint density at radius 2 is 1.83 bits per heavy atom. The summed E-state index contributed by atoms with van der Waals surface area (Å²) in [4.78, 5) is 1.82. The molecular weight excluding hydrogens is 422 g/mol. The monoisotopic (exact) mass is 447 g/mol. The summed E-state index contributed by atoms with van der Waals surface area (Å²) in [6.45, 7) is 1.91. The summed E-state index contributed by atoms with van der Waals surface area (Å²) in [5.74, 6) is 1.93. The van der Waals surface area contributed by atoms with Crippen molar-refractivity contribution in [3.8, 4) is 28.4 Å². The first-order valence-electron chi connectivity index (χ1n) is 9.26. The summed E-state index contributed by atoms with van der Waals surface area (Å²) < 4.78 is 17.9. The van der Waals surface area contributed by atoms with E-state index >= 15 is 0 Å². The normalized spacial score (nSPS) is 14.9. The van der Waals surface area contributed by atoms with E-state index in [9.17, 15) is 0 Å². The predicted octanol–water partition coefficient (Wildman–Crippen LogP) is 5.75. The van der Waals surface area contributed by atoms with Crippen molar-refractivity contribution in [1.29, 1.82) is 0 Å². The summed E-state index contributed by atoms with van der Waals surface area (Å²) in [5, 5.41) is 3.46. The van der Waals surface area contributed by atoms with Crippen LogP contribution in [0.2, 0.25) is 0 Å². The minimum absolute atomic E-state index is 0.0559. The van der Waals surface area contributed by atoms with Crippen LogP contribution in [0.25, 0.3) is 11.1 Å². The first-order valence-corrected chi connectivity index (χ1v) is 11.3. The van der Waals surface area contributed by atoms with Crippen LogP contribution in [0.15, 0.2) is 29.2 Å². The van der Waals surface area contributed by atoms with Crippen LogP contribution in [-0.4, -0.2) is 32.6 Å². The highest BCUT2D eigenvalue weighted by atomic mass is 32.2. The van der Waals surface area contributed by atoms with Gasteiger partial charge in [-0.15, -0.1) is 11.8 Å². The number of rotatable bonds is 5. The van der Waals surface area contributed by atoms with Crippen molar-refractivity contribution in [1.82, 2.24) is 5.32 Å². The fourth-order valence-electron chi connectivity index (χ4n) is 3.86. The maximum absolute atomic E-state index is 5.84. The van der Waals surface area contributed by atoms with Crippen molar-refractivity contribution in [2.45, 2.75) is 30.7 Å². The smallest absolute Gasteiger partial charge is 0.203 e.